The Hall–Kier alpha value is -2.19. The Morgan fingerprint density at radius 2 is 2.32 bits per heavy atom. The molecule has 0 spiro atoms. The van der Waals surface area contributed by atoms with Gasteiger partial charge in [-0.15, -0.1) is 0 Å². The van der Waals surface area contributed by atoms with Gasteiger partial charge in [-0.2, -0.15) is 5.26 Å². The molecule has 0 amide bonds. The first-order valence-electron chi connectivity index (χ1n) is 5.78. The second-order valence-corrected chi connectivity index (χ2v) is 4.16. The molecule has 0 aliphatic rings. The monoisotopic (exact) mass is 262 g/mol. The van der Waals surface area contributed by atoms with E-state index in [1.807, 2.05) is 11.9 Å². The Kier molecular flexibility index (Phi) is 5.71. The van der Waals surface area contributed by atoms with E-state index < -0.39 is 11.8 Å². The van der Waals surface area contributed by atoms with E-state index in [0.29, 0.717) is 25.1 Å². The van der Waals surface area contributed by atoms with E-state index >= 15 is 0 Å². The number of nitrogens with zero attached hydrogens (tertiary/aromatic N) is 2. The van der Waals surface area contributed by atoms with Gasteiger partial charge in [-0.3, -0.25) is 0 Å². The number of aliphatic carboxylic acids is 1. The molecule has 100 valence electrons. The van der Waals surface area contributed by atoms with Gasteiger partial charge in [-0.1, -0.05) is 6.07 Å². The second kappa shape index (κ2) is 7.29. The minimum absolute atomic E-state index is 0.409. The van der Waals surface area contributed by atoms with Gasteiger partial charge >= 0.3 is 5.97 Å². The van der Waals surface area contributed by atoms with E-state index in [0.717, 1.165) is 11.6 Å². The van der Waals surface area contributed by atoms with Crippen molar-refractivity contribution in [1.29, 1.82) is 5.26 Å². The highest BCUT2D eigenvalue weighted by molar-refractivity contribution is 5.85. The van der Waals surface area contributed by atoms with E-state index in [1.54, 1.807) is 6.07 Å². The normalized spacial score (nSPS) is 10.8. The summed E-state index contributed by atoms with van der Waals surface area (Å²) >= 11 is 0. The predicted octanol–water partition coefficient (Wildman–Crippen LogP) is 2.27. The molecule has 1 rings (SSSR count). The second-order valence-electron chi connectivity index (χ2n) is 4.16. The largest absolute Gasteiger partial charge is 0.478 e. The third kappa shape index (κ3) is 5.32. The summed E-state index contributed by atoms with van der Waals surface area (Å²) in [6.07, 6.45) is 2.77. The van der Waals surface area contributed by atoms with Crippen LogP contribution < -0.4 is 0 Å². The lowest BCUT2D eigenvalue weighted by Gasteiger charge is -2.16. The van der Waals surface area contributed by atoms with Crippen LogP contribution >= 0.6 is 0 Å². The number of nitriles is 1. The summed E-state index contributed by atoms with van der Waals surface area (Å²) < 4.78 is 13.2. The summed E-state index contributed by atoms with van der Waals surface area (Å²) in [5.41, 5.74) is 1.35. The van der Waals surface area contributed by atoms with Crippen molar-refractivity contribution in [1.82, 2.24) is 4.90 Å². The fourth-order valence-corrected chi connectivity index (χ4v) is 1.64. The summed E-state index contributed by atoms with van der Waals surface area (Å²) in [6, 6.07) is 6.32. The fourth-order valence-electron chi connectivity index (χ4n) is 1.64. The molecule has 0 aliphatic heterocycles. The van der Waals surface area contributed by atoms with Crippen molar-refractivity contribution in [3.63, 3.8) is 0 Å². The van der Waals surface area contributed by atoms with Gasteiger partial charge in [0.15, 0.2) is 0 Å². The number of halogens is 1. The first-order chi connectivity index (χ1) is 9.02. The highest BCUT2D eigenvalue weighted by atomic mass is 19.1. The Morgan fingerprint density at radius 3 is 2.95 bits per heavy atom. The topological polar surface area (TPSA) is 64.3 Å². The highest BCUT2D eigenvalue weighted by Gasteiger charge is 2.06. The van der Waals surface area contributed by atoms with Crippen LogP contribution in [0.2, 0.25) is 0 Å². The Labute approximate surface area is 111 Å². The molecule has 1 aromatic carbocycles. The van der Waals surface area contributed by atoms with Crippen LogP contribution in [-0.4, -0.2) is 29.6 Å². The molecule has 5 heteroatoms. The van der Waals surface area contributed by atoms with Crippen LogP contribution in [0.3, 0.4) is 0 Å². The molecule has 0 fully saturated rings. The van der Waals surface area contributed by atoms with Crippen LogP contribution in [-0.2, 0) is 11.3 Å². The van der Waals surface area contributed by atoms with Crippen molar-refractivity contribution in [3.05, 3.63) is 41.2 Å². The molecule has 0 unspecified atom stereocenters. The van der Waals surface area contributed by atoms with Gasteiger partial charge in [0.25, 0.3) is 0 Å². The van der Waals surface area contributed by atoms with Crippen LogP contribution in [0.5, 0.6) is 0 Å². The molecule has 1 aromatic rings. The van der Waals surface area contributed by atoms with Crippen molar-refractivity contribution in [3.8, 4) is 6.07 Å². The third-order valence-corrected chi connectivity index (χ3v) is 2.56. The molecular formula is C14H15FN2O2. The summed E-state index contributed by atoms with van der Waals surface area (Å²) in [5, 5.41) is 17.1. The SMILES string of the molecule is CN(CCC#N)Cc1ccc(F)cc1C=CC(=O)O. The zero-order chi connectivity index (χ0) is 14.3. The van der Waals surface area contributed by atoms with Gasteiger partial charge in [0, 0.05) is 25.6 Å². The van der Waals surface area contributed by atoms with E-state index in [2.05, 4.69) is 6.07 Å². The third-order valence-electron chi connectivity index (χ3n) is 2.56. The first kappa shape index (κ1) is 14.9. The van der Waals surface area contributed by atoms with Crippen molar-refractivity contribution in [2.45, 2.75) is 13.0 Å². The lowest BCUT2D eigenvalue weighted by molar-refractivity contribution is -0.131. The molecule has 19 heavy (non-hydrogen) atoms. The number of carbonyl (C=O) groups is 1. The van der Waals surface area contributed by atoms with Gasteiger partial charge in [0.2, 0.25) is 0 Å². The maximum absolute atomic E-state index is 13.2. The van der Waals surface area contributed by atoms with Gasteiger partial charge < -0.3 is 10.0 Å². The van der Waals surface area contributed by atoms with E-state index in [9.17, 15) is 9.18 Å². The Balaban J connectivity index is 2.87. The van der Waals surface area contributed by atoms with Crippen LogP contribution in [0.4, 0.5) is 4.39 Å². The van der Waals surface area contributed by atoms with Gasteiger partial charge in [-0.05, 0) is 36.4 Å². The molecule has 0 aromatic heterocycles. The standard InChI is InChI=1S/C14H15FN2O2/c1-17(8-2-7-16)10-12-3-5-13(15)9-11(12)4-6-14(18)19/h3-6,9H,2,8,10H2,1H3,(H,18,19). The number of carboxylic acids is 1. The van der Waals surface area contributed by atoms with Crippen molar-refractivity contribution < 1.29 is 14.3 Å². The lowest BCUT2D eigenvalue weighted by Crippen LogP contribution is -2.19. The van der Waals surface area contributed by atoms with Crippen molar-refractivity contribution >= 4 is 12.0 Å². The molecule has 0 aliphatic carbocycles. The molecule has 1 N–H and O–H groups in total. The zero-order valence-corrected chi connectivity index (χ0v) is 10.6. The van der Waals surface area contributed by atoms with E-state index in [4.69, 9.17) is 10.4 Å². The van der Waals surface area contributed by atoms with E-state index in [1.165, 1.54) is 18.2 Å². The Bertz CT molecular complexity index is 521. The first-order valence-corrected chi connectivity index (χ1v) is 5.78. The number of benzene rings is 1. The fraction of sp³-hybridized carbons (Fsp3) is 0.286. The molecule has 0 saturated heterocycles. The van der Waals surface area contributed by atoms with Gasteiger partial charge in [0.1, 0.15) is 5.82 Å². The molecular weight excluding hydrogens is 247 g/mol. The smallest absolute Gasteiger partial charge is 0.328 e. The number of hydrogen-bond acceptors (Lipinski definition) is 3. The average Bonchev–Trinajstić information content (AvgIpc) is 2.36. The van der Waals surface area contributed by atoms with Crippen molar-refractivity contribution in [2.75, 3.05) is 13.6 Å². The minimum atomic E-state index is -1.08. The average molecular weight is 262 g/mol. The number of rotatable bonds is 6. The van der Waals surface area contributed by atoms with Gasteiger partial charge in [0.05, 0.1) is 6.07 Å². The zero-order valence-electron chi connectivity index (χ0n) is 10.6. The molecule has 0 saturated carbocycles. The quantitative estimate of drug-likeness (QED) is 0.799. The molecule has 0 heterocycles. The summed E-state index contributed by atoms with van der Waals surface area (Å²) in [7, 11) is 1.85. The summed E-state index contributed by atoms with van der Waals surface area (Å²) in [6.45, 7) is 1.14. The van der Waals surface area contributed by atoms with Crippen molar-refractivity contribution in [2.24, 2.45) is 0 Å². The molecule has 0 atom stereocenters. The minimum Gasteiger partial charge on any atom is -0.478 e. The maximum atomic E-state index is 13.2. The maximum Gasteiger partial charge on any atom is 0.328 e. The lowest BCUT2D eigenvalue weighted by atomic mass is 10.1. The van der Waals surface area contributed by atoms with Gasteiger partial charge in [-0.25, -0.2) is 9.18 Å². The van der Waals surface area contributed by atoms with Crippen LogP contribution in [0.15, 0.2) is 24.3 Å². The summed E-state index contributed by atoms with van der Waals surface area (Å²) in [4.78, 5) is 12.4. The number of carboxylic acid groups (broad SMARTS) is 1. The summed E-state index contributed by atoms with van der Waals surface area (Å²) in [5.74, 6) is -1.48. The highest BCUT2D eigenvalue weighted by Crippen LogP contribution is 2.15. The Morgan fingerprint density at radius 1 is 1.58 bits per heavy atom. The van der Waals surface area contributed by atoms with E-state index in [-0.39, 0.29) is 0 Å². The molecule has 0 bridgehead atoms. The van der Waals surface area contributed by atoms with Crippen LogP contribution in [0.1, 0.15) is 17.5 Å². The van der Waals surface area contributed by atoms with Crippen LogP contribution in [0, 0.1) is 17.1 Å². The van der Waals surface area contributed by atoms with Crippen LogP contribution in [0.25, 0.3) is 6.08 Å². The molecule has 0 radical (unpaired) electrons. The predicted molar refractivity (Wildman–Crippen MR) is 69.6 cm³/mol. The number of hydrogen-bond donors (Lipinski definition) is 1. The molecule has 4 nitrogen and oxygen atoms in total.